The molecule has 1 saturated carbocycles. The van der Waals surface area contributed by atoms with Crippen LogP contribution in [0.3, 0.4) is 0 Å². The van der Waals surface area contributed by atoms with Gasteiger partial charge in [0.25, 0.3) is 0 Å². The highest BCUT2D eigenvalue weighted by Crippen LogP contribution is 2.39. The second-order valence-electron chi connectivity index (χ2n) is 8.06. The van der Waals surface area contributed by atoms with Gasteiger partial charge in [-0.05, 0) is 62.4 Å². The van der Waals surface area contributed by atoms with Gasteiger partial charge in [0.1, 0.15) is 0 Å². The van der Waals surface area contributed by atoms with Gasteiger partial charge in [-0.1, -0.05) is 59.8 Å². The summed E-state index contributed by atoms with van der Waals surface area (Å²) in [6.45, 7) is 12.0. The average Bonchev–Trinajstić information content (AvgIpc) is 2.41. The summed E-state index contributed by atoms with van der Waals surface area (Å²) in [4.78, 5) is 0. The third kappa shape index (κ3) is 7.67. The smallest absolute Gasteiger partial charge is 0.00205 e. The van der Waals surface area contributed by atoms with Crippen LogP contribution in [0.5, 0.6) is 0 Å². The maximum atomic E-state index is 3.70. The van der Waals surface area contributed by atoms with Crippen LogP contribution in [0.2, 0.25) is 0 Å². The molecule has 0 spiro atoms. The molecule has 0 bridgehead atoms. The minimum atomic E-state index is 0.525. The van der Waals surface area contributed by atoms with Gasteiger partial charge in [0, 0.05) is 0 Å². The first-order chi connectivity index (χ1) is 9.54. The summed E-state index contributed by atoms with van der Waals surface area (Å²) in [6.07, 6.45) is 14.3. The molecule has 0 saturated heterocycles. The lowest BCUT2D eigenvalue weighted by Crippen LogP contribution is -2.31. The summed E-state index contributed by atoms with van der Waals surface area (Å²) in [7, 11) is 0. The normalized spacial score (nSPS) is 24.0. The first-order valence-electron chi connectivity index (χ1n) is 9.24. The molecule has 0 unspecified atom stereocenters. The zero-order valence-corrected chi connectivity index (χ0v) is 14.6. The Labute approximate surface area is 128 Å². The second-order valence-corrected chi connectivity index (χ2v) is 8.06. The summed E-state index contributed by atoms with van der Waals surface area (Å²) in [5, 5.41) is 3.70. The molecular weight excluding hydrogens is 242 g/mol. The van der Waals surface area contributed by atoms with E-state index in [1.165, 1.54) is 77.3 Å². The van der Waals surface area contributed by atoms with Gasteiger partial charge in [0.2, 0.25) is 0 Å². The van der Waals surface area contributed by atoms with Crippen molar-refractivity contribution in [1.29, 1.82) is 0 Å². The predicted octanol–water partition coefficient (Wildman–Crippen LogP) is 5.79. The van der Waals surface area contributed by atoms with Gasteiger partial charge in [0.15, 0.2) is 0 Å². The largest absolute Gasteiger partial charge is 0.316 e. The van der Waals surface area contributed by atoms with Gasteiger partial charge in [-0.3, -0.25) is 0 Å². The number of hydrogen-bond acceptors (Lipinski definition) is 1. The van der Waals surface area contributed by atoms with Crippen LogP contribution >= 0.6 is 0 Å². The van der Waals surface area contributed by atoms with E-state index < -0.39 is 0 Å². The van der Waals surface area contributed by atoms with Crippen molar-refractivity contribution in [2.24, 2.45) is 17.3 Å². The lowest BCUT2D eigenvalue weighted by atomic mass is 9.70. The van der Waals surface area contributed by atoms with E-state index in [-0.39, 0.29) is 0 Å². The predicted molar refractivity (Wildman–Crippen MR) is 91.1 cm³/mol. The average molecular weight is 282 g/mol. The van der Waals surface area contributed by atoms with E-state index in [4.69, 9.17) is 0 Å². The molecule has 20 heavy (non-hydrogen) atoms. The van der Waals surface area contributed by atoms with Gasteiger partial charge < -0.3 is 5.32 Å². The van der Waals surface area contributed by atoms with Crippen molar-refractivity contribution in [2.45, 2.75) is 91.9 Å². The third-order valence-electron chi connectivity index (χ3n) is 5.21. The van der Waals surface area contributed by atoms with Crippen LogP contribution in [0.4, 0.5) is 0 Å². The molecule has 0 aromatic rings. The fourth-order valence-corrected chi connectivity index (χ4v) is 3.57. The maximum absolute atomic E-state index is 3.70. The Morgan fingerprint density at radius 2 is 1.45 bits per heavy atom. The van der Waals surface area contributed by atoms with Crippen molar-refractivity contribution >= 4 is 0 Å². The molecule has 120 valence electrons. The zero-order valence-electron chi connectivity index (χ0n) is 14.6. The molecule has 0 aromatic heterocycles. The third-order valence-corrected chi connectivity index (χ3v) is 5.21. The zero-order chi connectivity index (χ0) is 14.8. The van der Waals surface area contributed by atoms with Crippen LogP contribution in [0.15, 0.2) is 0 Å². The fraction of sp³-hybridized carbons (Fsp3) is 1.00. The van der Waals surface area contributed by atoms with Gasteiger partial charge in [-0.2, -0.15) is 0 Å². The van der Waals surface area contributed by atoms with E-state index in [2.05, 4.69) is 33.0 Å². The molecule has 0 aliphatic heterocycles. The van der Waals surface area contributed by atoms with Crippen LogP contribution in [0.25, 0.3) is 0 Å². The topological polar surface area (TPSA) is 12.0 Å². The quantitative estimate of drug-likeness (QED) is 0.527. The molecule has 1 N–H and O–H groups in total. The van der Waals surface area contributed by atoms with E-state index >= 15 is 0 Å². The second kappa shape index (κ2) is 9.82. The molecule has 1 heteroatoms. The molecule has 0 aromatic carbocycles. The van der Waals surface area contributed by atoms with Crippen molar-refractivity contribution in [2.75, 3.05) is 13.1 Å². The van der Waals surface area contributed by atoms with Crippen molar-refractivity contribution in [3.63, 3.8) is 0 Å². The van der Waals surface area contributed by atoms with Crippen molar-refractivity contribution in [1.82, 2.24) is 5.32 Å². The molecule has 1 rings (SSSR count). The molecule has 1 nitrogen and oxygen atoms in total. The molecular formula is C19H39N. The lowest BCUT2D eigenvalue weighted by Gasteiger charge is -2.37. The molecule has 1 aliphatic carbocycles. The highest BCUT2D eigenvalue weighted by Gasteiger charge is 2.29. The first kappa shape index (κ1) is 18.0. The van der Waals surface area contributed by atoms with Crippen LogP contribution in [0, 0.1) is 17.3 Å². The highest BCUT2D eigenvalue weighted by atomic mass is 14.9. The summed E-state index contributed by atoms with van der Waals surface area (Å²) < 4.78 is 0. The molecule has 0 radical (unpaired) electrons. The summed E-state index contributed by atoms with van der Waals surface area (Å²) in [5.74, 6) is 1.91. The Hall–Kier alpha value is -0.0400. The van der Waals surface area contributed by atoms with E-state index in [1.54, 1.807) is 0 Å². The van der Waals surface area contributed by atoms with Crippen LogP contribution < -0.4 is 5.32 Å². The van der Waals surface area contributed by atoms with Crippen molar-refractivity contribution in [3.8, 4) is 0 Å². The van der Waals surface area contributed by atoms with Crippen molar-refractivity contribution in [3.05, 3.63) is 0 Å². The summed E-state index contributed by atoms with van der Waals surface area (Å²) in [5.41, 5.74) is 0.525. The number of unbranched alkanes of at least 4 members (excludes halogenated alkanes) is 5. The van der Waals surface area contributed by atoms with Gasteiger partial charge >= 0.3 is 0 Å². The van der Waals surface area contributed by atoms with Gasteiger partial charge in [-0.25, -0.2) is 0 Å². The van der Waals surface area contributed by atoms with E-state index in [0.29, 0.717) is 5.41 Å². The minimum absolute atomic E-state index is 0.525. The number of nitrogens with one attached hydrogen (secondary N) is 1. The van der Waals surface area contributed by atoms with Gasteiger partial charge in [-0.15, -0.1) is 0 Å². The first-order valence-corrected chi connectivity index (χ1v) is 9.24. The standard InChI is InChI=1S/C19H39N/c1-5-6-7-8-9-10-15-20-16-17-11-13-18(14-12-17)19(2,3)4/h17-18,20H,5-16H2,1-4H3. The van der Waals surface area contributed by atoms with E-state index in [9.17, 15) is 0 Å². The van der Waals surface area contributed by atoms with Crippen molar-refractivity contribution < 1.29 is 0 Å². The monoisotopic (exact) mass is 281 g/mol. The molecule has 0 amide bonds. The number of rotatable bonds is 9. The molecule has 1 fully saturated rings. The van der Waals surface area contributed by atoms with Crippen LogP contribution in [-0.4, -0.2) is 13.1 Å². The SMILES string of the molecule is CCCCCCCCNCC1CCC(C(C)(C)C)CC1. The molecule has 0 atom stereocenters. The molecule has 1 aliphatic rings. The molecule has 0 heterocycles. The van der Waals surface area contributed by atoms with Crippen LogP contribution in [-0.2, 0) is 0 Å². The minimum Gasteiger partial charge on any atom is -0.316 e. The Morgan fingerprint density at radius 3 is 2.05 bits per heavy atom. The summed E-state index contributed by atoms with van der Waals surface area (Å²) in [6, 6.07) is 0. The Balaban J connectivity index is 1.94. The van der Waals surface area contributed by atoms with Gasteiger partial charge in [0.05, 0.1) is 0 Å². The Bertz CT molecular complexity index is 220. The fourth-order valence-electron chi connectivity index (χ4n) is 3.57. The van der Waals surface area contributed by atoms with E-state index in [0.717, 1.165) is 11.8 Å². The lowest BCUT2D eigenvalue weighted by molar-refractivity contribution is 0.149. The highest BCUT2D eigenvalue weighted by molar-refractivity contribution is 4.81. The Morgan fingerprint density at radius 1 is 0.850 bits per heavy atom. The van der Waals surface area contributed by atoms with Crippen LogP contribution in [0.1, 0.15) is 91.9 Å². The number of hydrogen-bond donors (Lipinski definition) is 1. The maximum Gasteiger partial charge on any atom is -0.00205 e. The summed E-state index contributed by atoms with van der Waals surface area (Å²) >= 11 is 0. The Kier molecular flexibility index (Phi) is 8.84. The van der Waals surface area contributed by atoms with E-state index in [1.807, 2.05) is 0 Å².